The maximum Gasteiger partial charge on any atom is 0.236 e. The summed E-state index contributed by atoms with van der Waals surface area (Å²) in [5.74, 6) is 0.702. The van der Waals surface area contributed by atoms with Gasteiger partial charge in [-0.15, -0.1) is 0 Å². The molecule has 3 aromatic rings. The van der Waals surface area contributed by atoms with Crippen molar-refractivity contribution in [2.45, 2.75) is 19.7 Å². The molecule has 1 aromatic heterocycles. The zero-order chi connectivity index (χ0) is 22.6. The second-order valence-corrected chi connectivity index (χ2v) is 9.82. The fourth-order valence-corrected chi connectivity index (χ4v) is 4.91. The van der Waals surface area contributed by atoms with Gasteiger partial charge < -0.3 is 10.4 Å². The van der Waals surface area contributed by atoms with Crippen molar-refractivity contribution in [3.63, 3.8) is 0 Å². The number of rotatable bonds is 8. The Morgan fingerprint density at radius 2 is 1.75 bits per heavy atom. The zero-order valence-corrected chi connectivity index (χ0v) is 18.9. The van der Waals surface area contributed by atoms with Gasteiger partial charge in [-0.3, -0.25) is 9.47 Å². The van der Waals surface area contributed by atoms with Crippen LogP contribution in [0.25, 0.3) is 17.1 Å². The minimum Gasteiger partial charge on any atom is -0.392 e. The number of nitrogens with zero attached hydrogens (tertiary/aromatic N) is 4. The van der Waals surface area contributed by atoms with Gasteiger partial charge in [-0.2, -0.15) is 4.31 Å². The molecule has 0 radical (unpaired) electrons. The van der Waals surface area contributed by atoms with Crippen molar-refractivity contribution in [2.24, 2.45) is 0 Å². The smallest absolute Gasteiger partial charge is 0.236 e. The second kappa shape index (κ2) is 9.83. The third-order valence-electron chi connectivity index (χ3n) is 5.47. The number of para-hydroxylation sites is 2. The third kappa shape index (κ3) is 5.36. The quantitative estimate of drug-likeness (QED) is 0.542. The van der Waals surface area contributed by atoms with E-state index in [0.717, 1.165) is 16.6 Å². The number of anilines is 1. The summed E-state index contributed by atoms with van der Waals surface area (Å²) in [6, 6.07) is 17.3. The van der Waals surface area contributed by atoms with Crippen LogP contribution in [0.4, 0.5) is 5.95 Å². The molecule has 1 atom stereocenters. The summed E-state index contributed by atoms with van der Waals surface area (Å²) in [5.41, 5.74) is 2.74. The van der Waals surface area contributed by atoms with Crippen LogP contribution in [0.1, 0.15) is 12.5 Å². The molecule has 0 aliphatic carbocycles. The summed E-state index contributed by atoms with van der Waals surface area (Å²) < 4.78 is 29.1. The Morgan fingerprint density at radius 1 is 1.06 bits per heavy atom. The summed E-state index contributed by atoms with van der Waals surface area (Å²) in [6.45, 7) is 4.85. The molecule has 8 nitrogen and oxygen atoms in total. The summed E-state index contributed by atoms with van der Waals surface area (Å²) in [5, 5.41) is 14.2. The van der Waals surface area contributed by atoms with Crippen molar-refractivity contribution >= 4 is 33.1 Å². The van der Waals surface area contributed by atoms with Crippen molar-refractivity contribution < 1.29 is 13.5 Å². The molecule has 1 unspecified atom stereocenters. The van der Waals surface area contributed by atoms with Crippen LogP contribution in [-0.2, 0) is 16.7 Å². The van der Waals surface area contributed by atoms with E-state index in [1.807, 2.05) is 54.6 Å². The van der Waals surface area contributed by atoms with Crippen molar-refractivity contribution in [1.82, 2.24) is 18.8 Å². The molecule has 0 spiro atoms. The van der Waals surface area contributed by atoms with Gasteiger partial charge in [0.05, 0.1) is 23.8 Å². The minimum absolute atomic E-state index is 0.406. The highest BCUT2D eigenvalue weighted by Crippen LogP contribution is 2.21. The highest BCUT2D eigenvalue weighted by molar-refractivity contribution is 7.92. The summed E-state index contributed by atoms with van der Waals surface area (Å²) >= 11 is 0. The highest BCUT2D eigenvalue weighted by atomic mass is 32.2. The molecule has 1 saturated heterocycles. The third-order valence-corrected chi connectivity index (χ3v) is 7.04. The molecule has 0 bridgehead atoms. The van der Waals surface area contributed by atoms with Crippen LogP contribution in [0.3, 0.4) is 0 Å². The summed E-state index contributed by atoms with van der Waals surface area (Å²) in [7, 11) is -3.46. The van der Waals surface area contributed by atoms with E-state index in [4.69, 9.17) is 0 Å². The van der Waals surface area contributed by atoms with Crippen molar-refractivity contribution in [1.29, 1.82) is 0 Å². The van der Waals surface area contributed by atoms with Gasteiger partial charge in [0.15, 0.2) is 0 Å². The first-order valence-corrected chi connectivity index (χ1v) is 12.3. The van der Waals surface area contributed by atoms with E-state index in [9.17, 15) is 13.5 Å². The molecule has 0 saturated carbocycles. The fourth-order valence-electron chi connectivity index (χ4n) is 3.73. The van der Waals surface area contributed by atoms with Gasteiger partial charge in [0.1, 0.15) is 0 Å². The van der Waals surface area contributed by atoms with Crippen LogP contribution in [0.2, 0.25) is 0 Å². The number of aliphatic hydroxyl groups excluding tert-OH is 1. The van der Waals surface area contributed by atoms with Gasteiger partial charge in [0.2, 0.25) is 16.0 Å². The Hall–Kier alpha value is -2.72. The molecule has 2 heterocycles. The zero-order valence-electron chi connectivity index (χ0n) is 18.1. The normalized spacial score (nSPS) is 17.2. The van der Waals surface area contributed by atoms with Crippen LogP contribution >= 0.6 is 0 Å². The molecule has 1 fully saturated rings. The Kier molecular flexibility index (Phi) is 6.90. The van der Waals surface area contributed by atoms with Crippen molar-refractivity contribution in [2.75, 3.05) is 38.0 Å². The van der Waals surface area contributed by atoms with Crippen LogP contribution in [0, 0.1) is 0 Å². The van der Waals surface area contributed by atoms with E-state index >= 15 is 0 Å². The number of hydrogen-bond acceptors (Lipinski definition) is 6. The number of sulfonamides is 1. The lowest BCUT2D eigenvalue weighted by molar-refractivity contribution is 0.155. The average Bonchev–Trinajstić information content (AvgIpc) is 3.15. The van der Waals surface area contributed by atoms with E-state index < -0.39 is 16.1 Å². The van der Waals surface area contributed by atoms with Gasteiger partial charge >= 0.3 is 0 Å². The predicted octanol–water partition coefficient (Wildman–Crippen LogP) is 2.40. The number of aliphatic hydroxyl groups is 1. The molecule has 2 N–H and O–H groups in total. The number of imidazole rings is 1. The Morgan fingerprint density at radius 3 is 2.47 bits per heavy atom. The van der Waals surface area contributed by atoms with Crippen molar-refractivity contribution in [3.8, 4) is 0 Å². The molecule has 0 amide bonds. The summed E-state index contributed by atoms with van der Waals surface area (Å²) in [4.78, 5) is 6.87. The van der Waals surface area contributed by atoms with E-state index in [0.29, 0.717) is 45.3 Å². The molecular formula is C23H29N5O3S. The fraction of sp³-hybridized carbons (Fsp3) is 0.348. The van der Waals surface area contributed by atoms with Gasteiger partial charge in [-0.05, 0) is 30.7 Å². The molecule has 1 aliphatic rings. The number of hydrogen-bond donors (Lipinski definition) is 2. The molecule has 9 heteroatoms. The van der Waals surface area contributed by atoms with Gasteiger partial charge in [0, 0.05) is 38.1 Å². The lowest BCUT2D eigenvalue weighted by atomic mass is 10.2. The lowest BCUT2D eigenvalue weighted by Crippen LogP contribution is -2.48. The van der Waals surface area contributed by atoms with Crippen LogP contribution in [-0.4, -0.2) is 71.1 Å². The van der Waals surface area contributed by atoms with Gasteiger partial charge in [0.25, 0.3) is 0 Å². The SMILES string of the molecule is CC(O)CNc1nc2ccccc2n1CN1CCN(S(=O)(=O)/C=C/c2ccccc2)CC1. The van der Waals surface area contributed by atoms with E-state index in [1.165, 1.54) is 9.71 Å². The number of piperazine rings is 1. The molecular weight excluding hydrogens is 426 g/mol. The Labute approximate surface area is 188 Å². The predicted molar refractivity (Wildman–Crippen MR) is 127 cm³/mol. The molecule has 2 aromatic carbocycles. The maximum absolute atomic E-state index is 12.7. The van der Waals surface area contributed by atoms with E-state index in [-0.39, 0.29) is 0 Å². The topological polar surface area (TPSA) is 90.7 Å². The van der Waals surface area contributed by atoms with Gasteiger partial charge in [-0.25, -0.2) is 13.4 Å². The summed E-state index contributed by atoms with van der Waals surface area (Å²) in [6.07, 6.45) is 1.15. The monoisotopic (exact) mass is 455 g/mol. The molecule has 32 heavy (non-hydrogen) atoms. The Balaban J connectivity index is 1.42. The molecule has 1 aliphatic heterocycles. The van der Waals surface area contributed by atoms with Gasteiger partial charge in [-0.1, -0.05) is 42.5 Å². The first kappa shape index (κ1) is 22.5. The first-order chi connectivity index (χ1) is 15.4. The second-order valence-electron chi connectivity index (χ2n) is 8.00. The minimum atomic E-state index is -3.46. The van der Waals surface area contributed by atoms with E-state index in [2.05, 4.69) is 19.8 Å². The number of aromatic nitrogens is 2. The standard InChI is InChI=1S/C23H29N5O3S/c1-19(29)17-24-23-25-21-9-5-6-10-22(21)28(23)18-26-12-14-27(15-13-26)32(30,31)16-11-20-7-3-2-4-8-20/h2-11,16,19,29H,12-15,17-18H2,1H3,(H,24,25)/b16-11+. The van der Waals surface area contributed by atoms with Crippen LogP contribution < -0.4 is 5.32 Å². The number of nitrogens with one attached hydrogen (secondary N) is 1. The average molecular weight is 456 g/mol. The molecule has 4 rings (SSSR count). The molecule has 170 valence electrons. The highest BCUT2D eigenvalue weighted by Gasteiger charge is 2.26. The van der Waals surface area contributed by atoms with Crippen LogP contribution in [0.5, 0.6) is 0 Å². The lowest BCUT2D eigenvalue weighted by Gasteiger charge is -2.33. The van der Waals surface area contributed by atoms with Crippen LogP contribution in [0.15, 0.2) is 60.0 Å². The van der Waals surface area contributed by atoms with E-state index in [1.54, 1.807) is 13.0 Å². The number of benzene rings is 2. The first-order valence-electron chi connectivity index (χ1n) is 10.8. The Bertz CT molecular complexity index is 1170. The maximum atomic E-state index is 12.7. The number of fused-ring (bicyclic) bond motifs is 1. The largest absolute Gasteiger partial charge is 0.392 e. The van der Waals surface area contributed by atoms with Crippen molar-refractivity contribution in [3.05, 3.63) is 65.6 Å².